The summed E-state index contributed by atoms with van der Waals surface area (Å²) >= 11 is 6.71. The molecule has 0 bridgehead atoms. The van der Waals surface area contributed by atoms with Gasteiger partial charge >= 0.3 is 0 Å². The monoisotopic (exact) mass is 546 g/mol. The number of nitrogens with zero attached hydrogens (tertiary/aromatic N) is 4. The third-order valence-electron chi connectivity index (χ3n) is 6.57. The van der Waals surface area contributed by atoms with Gasteiger partial charge in [-0.3, -0.25) is 14.6 Å². The molecule has 2 amide bonds. The quantitative estimate of drug-likeness (QED) is 0.230. The number of rotatable bonds is 4. The number of fused-ring (bicyclic) bond motifs is 1. The van der Waals surface area contributed by atoms with E-state index in [4.69, 9.17) is 16.3 Å². The fraction of sp³-hybridized carbons (Fsp3) is 0.393. The van der Waals surface area contributed by atoms with Crippen LogP contribution in [0.15, 0.2) is 41.9 Å². The molecule has 7 nitrogen and oxygen atoms in total. The number of carbonyl (C=O) groups is 2. The van der Waals surface area contributed by atoms with E-state index in [9.17, 15) is 18.4 Å². The normalized spacial score (nSPS) is 19.2. The van der Waals surface area contributed by atoms with Crippen molar-refractivity contribution in [1.82, 2.24) is 9.80 Å². The molecule has 0 saturated carbocycles. The van der Waals surface area contributed by atoms with E-state index >= 15 is 0 Å². The van der Waals surface area contributed by atoms with Crippen molar-refractivity contribution < 1.29 is 23.1 Å². The minimum absolute atomic E-state index is 0.0606. The summed E-state index contributed by atoms with van der Waals surface area (Å²) in [6, 6.07) is 4.61. The Morgan fingerprint density at radius 2 is 1.82 bits per heavy atom. The molecule has 0 unspecified atom stereocenters. The van der Waals surface area contributed by atoms with Crippen LogP contribution in [-0.2, 0) is 9.59 Å². The molecule has 4 rings (SSSR count). The summed E-state index contributed by atoms with van der Waals surface area (Å²) < 4.78 is 34.4. The lowest BCUT2D eigenvalue weighted by atomic mass is 9.96. The fourth-order valence-corrected chi connectivity index (χ4v) is 5.17. The van der Waals surface area contributed by atoms with Crippen LogP contribution < -0.4 is 9.64 Å². The van der Waals surface area contributed by atoms with Gasteiger partial charge in [0, 0.05) is 55.0 Å². The van der Waals surface area contributed by atoms with Crippen LogP contribution in [0.2, 0.25) is 5.02 Å². The van der Waals surface area contributed by atoms with Crippen LogP contribution in [0.3, 0.4) is 0 Å². The largest absolute Gasteiger partial charge is 0.489 e. The van der Waals surface area contributed by atoms with E-state index in [2.05, 4.69) is 16.5 Å². The number of aliphatic imine (C=N–C) groups is 1. The molecular formula is C28H33ClF2N4O3. The van der Waals surface area contributed by atoms with Crippen LogP contribution in [0.25, 0.3) is 11.1 Å². The van der Waals surface area contributed by atoms with Gasteiger partial charge in [-0.25, -0.2) is 8.78 Å². The Hall–Kier alpha value is -3.46. The molecule has 2 heterocycles. The van der Waals surface area contributed by atoms with Crippen molar-refractivity contribution in [2.75, 3.05) is 38.2 Å². The topological polar surface area (TPSA) is 65.5 Å². The second-order valence-corrected chi connectivity index (χ2v) is 9.23. The summed E-state index contributed by atoms with van der Waals surface area (Å²) in [7, 11) is 1.64. The molecule has 0 aromatic heterocycles. The van der Waals surface area contributed by atoms with Crippen LogP contribution in [0, 0.1) is 11.6 Å². The van der Waals surface area contributed by atoms with E-state index < -0.39 is 11.6 Å². The molecule has 10 heteroatoms. The Bertz CT molecular complexity index is 1250. The Labute approximate surface area is 227 Å². The van der Waals surface area contributed by atoms with Crippen LogP contribution in [0.4, 0.5) is 14.5 Å². The molecule has 2 aliphatic heterocycles. The number of amides is 2. The first-order chi connectivity index (χ1) is 18.2. The van der Waals surface area contributed by atoms with Crippen molar-refractivity contribution in [2.45, 2.75) is 39.8 Å². The van der Waals surface area contributed by atoms with E-state index in [-0.39, 0.29) is 53.0 Å². The number of anilines is 1. The third-order valence-corrected chi connectivity index (χ3v) is 6.87. The molecular weight excluding hydrogens is 514 g/mol. The van der Waals surface area contributed by atoms with Gasteiger partial charge in [0.2, 0.25) is 12.3 Å². The maximum absolute atomic E-state index is 14.8. The summed E-state index contributed by atoms with van der Waals surface area (Å²) in [6.07, 6.45) is 1.99. The second-order valence-electron chi connectivity index (χ2n) is 8.82. The number of hydrogen-bond donors (Lipinski definition) is 0. The van der Waals surface area contributed by atoms with Crippen molar-refractivity contribution in [3.8, 4) is 16.9 Å². The Morgan fingerprint density at radius 1 is 1.16 bits per heavy atom. The van der Waals surface area contributed by atoms with E-state index in [0.29, 0.717) is 36.6 Å². The summed E-state index contributed by atoms with van der Waals surface area (Å²) in [5.74, 6) is -0.875. The molecule has 2 atom stereocenters. The molecule has 2 aromatic rings. The maximum atomic E-state index is 14.8. The van der Waals surface area contributed by atoms with Gasteiger partial charge in [-0.1, -0.05) is 32.0 Å². The summed E-state index contributed by atoms with van der Waals surface area (Å²) in [4.78, 5) is 34.2. The van der Waals surface area contributed by atoms with Gasteiger partial charge in [-0.2, -0.15) is 0 Å². The lowest BCUT2D eigenvalue weighted by Gasteiger charge is -2.45. The van der Waals surface area contributed by atoms with Crippen molar-refractivity contribution in [1.29, 1.82) is 0 Å². The number of halogens is 3. The molecule has 0 N–H and O–H groups in total. The Kier molecular flexibility index (Phi) is 9.49. The molecule has 1 fully saturated rings. The number of amidine groups is 1. The van der Waals surface area contributed by atoms with Crippen molar-refractivity contribution >= 4 is 35.4 Å². The van der Waals surface area contributed by atoms with Gasteiger partial charge in [-0.15, -0.1) is 0 Å². The first-order valence-electron chi connectivity index (χ1n) is 12.5. The average molecular weight is 547 g/mol. The highest BCUT2D eigenvalue weighted by Crippen LogP contribution is 2.48. The second kappa shape index (κ2) is 12.4. The van der Waals surface area contributed by atoms with Crippen LogP contribution in [0.1, 0.15) is 33.3 Å². The number of carbonyl (C=O) groups excluding carboxylic acids is 2. The fourth-order valence-electron chi connectivity index (χ4n) is 4.87. The summed E-state index contributed by atoms with van der Waals surface area (Å²) in [6.45, 7) is 12.9. The van der Waals surface area contributed by atoms with Crippen molar-refractivity contribution in [3.63, 3.8) is 0 Å². The van der Waals surface area contributed by atoms with Crippen LogP contribution in [-0.4, -0.2) is 73.3 Å². The molecule has 0 spiro atoms. The standard InChI is InChI=1S/C26H27ClF2N4O3.C2H6/c1-5-22(35)32-12-16(3)33(13-15(32)2)26(30-4)19-11-20(27)23(18-7-6-17(28)10-21(18)29)25-24(19)31(14-34)8-9-36-25;1-2/h5-7,10-11,14-16H,1,8-9,12-13H2,2-4H3;1-2H3/t15-,16+;/m1./s1. The predicted octanol–water partition coefficient (Wildman–Crippen LogP) is 5.15. The van der Waals surface area contributed by atoms with Gasteiger partial charge in [0.25, 0.3) is 0 Å². The lowest BCUT2D eigenvalue weighted by molar-refractivity contribution is -0.130. The number of ether oxygens (including phenoxy) is 1. The van der Waals surface area contributed by atoms with Crippen LogP contribution in [0.5, 0.6) is 5.75 Å². The van der Waals surface area contributed by atoms with Crippen molar-refractivity contribution in [2.24, 2.45) is 4.99 Å². The first-order valence-corrected chi connectivity index (χ1v) is 12.9. The van der Waals surface area contributed by atoms with E-state index in [0.717, 1.165) is 12.1 Å². The Morgan fingerprint density at radius 3 is 2.42 bits per heavy atom. The minimum Gasteiger partial charge on any atom is -0.489 e. The zero-order valence-electron chi connectivity index (χ0n) is 22.3. The summed E-state index contributed by atoms with van der Waals surface area (Å²) in [5, 5.41) is 0.171. The molecule has 204 valence electrons. The van der Waals surface area contributed by atoms with Gasteiger partial charge in [0.05, 0.1) is 17.3 Å². The Balaban J connectivity index is 0.00000195. The lowest BCUT2D eigenvalue weighted by Crippen LogP contribution is -2.59. The predicted molar refractivity (Wildman–Crippen MR) is 147 cm³/mol. The molecule has 2 aliphatic rings. The first kappa shape index (κ1) is 29.1. The van der Waals surface area contributed by atoms with E-state index in [1.165, 1.54) is 17.0 Å². The van der Waals surface area contributed by atoms with E-state index in [1.54, 1.807) is 18.0 Å². The van der Waals surface area contributed by atoms with Gasteiger partial charge in [0.1, 0.15) is 24.1 Å². The number of benzene rings is 2. The SMILES string of the molecule is C=CC(=O)N1C[C@H](C)N(C(=NC)c2cc(Cl)c(-c3ccc(F)cc3F)c3c2N(C=O)CCO3)C[C@H]1C.CC. The average Bonchev–Trinajstić information content (AvgIpc) is 2.91. The number of hydrogen-bond acceptors (Lipinski definition) is 4. The number of piperazine rings is 1. The minimum atomic E-state index is -0.798. The molecule has 1 saturated heterocycles. The third kappa shape index (κ3) is 5.38. The van der Waals surface area contributed by atoms with Crippen molar-refractivity contribution in [3.05, 3.63) is 59.1 Å². The smallest absolute Gasteiger partial charge is 0.246 e. The molecule has 2 aromatic carbocycles. The zero-order valence-corrected chi connectivity index (χ0v) is 23.1. The molecule has 0 radical (unpaired) electrons. The molecule has 38 heavy (non-hydrogen) atoms. The highest BCUT2D eigenvalue weighted by molar-refractivity contribution is 6.35. The van der Waals surface area contributed by atoms with Gasteiger partial charge in [-0.05, 0) is 38.1 Å². The maximum Gasteiger partial charge on any atom is 0.246 e. The van der Waals surface area contributed by atoms with E-state index in [1.807, 2.05) is 27.7 Å². The zero-order chi connectivity index (χ0) is 28.1. The van der Waals surface area contributed by atoms with Crippen LogP contribution >= 0.6 is 11.6 Å². The molecule has 0 aliphatic carbocycles. The summed E-state index contributed by atoms with van der Waals surface area (Å²) in [5.41, 5.74) is 1.24. The van der Waals surface area contributed by atoms with Gasteiger partial charge < -0.3 is 19.4 Å². The highest BCUT2D eigenvalue weighted by atomic mass is 35.5. The van der Waals surface area contributed by atoms with Gasteiger partial charge in [0.15, 0.2) is 5.75 Å². The highest BCUT2D eigenvalue weighted by Gasteiger charge is 2.36.